The molecule has 0 heterocycles. The minimum Gasteiger partial charge on any atom is -0.501 e. The van der Waals surface area contributed by atoms with E-state index in [9.17, 15) is 0 Å². The van der Waals surface area contributed by atoms with Gasteiger partial charge < -0.3 is 9.22 Å². The maximum Gasteiger partial charge on any atom is 0.0926 e. The van der Waals surface area contributed by atoms with Crippen molar-refractivity contribution in [3.63, 3.8) is 0 Å². The van der Waals surface area contributed by atoms with Gasteiger partial charge in [-0.25, -0.2) is 0 Å². The van der Waals surface area contributed by atoms with Crippen molar-refractivity contribution in [1.29, 1.82) is 0 Å². The molecule has 0 aromatic rings. The second-order valence-electron chi connectivity index (χ2n) is 4.02. The van der Waals surface area contributed by atoms with Crippen molar-refractivity contribution in [3.8, 4) is 0 Å². The summed E-state index contributed by atoms with van der Waals surface area (Å²) in [6.45, 7) is 4.11. The van der Waals surface area contributed by atoms with Crippen LogP contribution in [0.5, 0.6) is 0 Å². The lowest BCUT2D eigenvalue weighted by molar-refractivity contribution is -0.870. The smallest absolute Gasteiger partial charge is 0.0926 e. The highest BCUT2D eigenvalue weighted by atomic mass is 16.5. The van der Waals surface area contributed by atoms with E-state index in [0.717, 1.165) is 23.9 Å². The molecule has 0 aliphatic heterocycles. The third-order valence-electron chi connectivity index (χ3n) is 1.52. The monoisotopic (exact) mass is 172 g/mol. The van der Waals surface area contributed by atoms with Gasteiger partial charge in [-0.1, -0.05) is 13.0 Å². The summed E-state index contributed by atoms with van der Waals surface area (Å²) in [5.41, 5.74) is 0. The van der Waals surface area contributed by atoms with Gasteiger partial charge in [0.15, 0.2) is 0 Å². The van der Waals surface area contributed by atoms with E-state index in [1.165, 1.54) is 6.54 Å². The Morgan fingerprint density at radius 3 is 2.42 bits per heavy atom. The average Bonchev–Trinajstić information content (AvgIpc) is 1.94. The molecule has 0 fully saturated rings. The van der Waals surface area contributed by atoms with Crippen LogP contribution in [0.25, 0.3) is 0 Å². The van der Waals surface area contributed by atoms with Gasteiger partial charge in [-0.15, -0.1) is 0 Å². The van der Waals surface area contributed by atoms with E-state index < -0.39 is 0 Å². The van der Waals surface area contributed by atoms with E-state index in [1.54, 1.807) is 6.26 Å². The van der Waals surface area contributed by atoms with Crippen LogP contribution in [0.15, 0.2) is 12.3 Å². The fourth-order valence-corrected chi connectivity index (χ4v) is 0.855. The Labute approximate surface area is 76.4 Å². The molecule has 0 rings (SSSR count). The highest BCUT2D eigenvalue weighted by Crippen LogP contribution is 1.94. The molecular formula is C10H22NO+. The molecule has 0 amide bonds. The summed E-state index contributed by atoms with van der Waals surface area (Å²) in [6.07, 6.45) is 6.01. The Morgan fingerprint density at radius 2 is 1.92 bits per heavy atom. The second kappa shape index (κ2) is 6.06. The number of nitrogens with zero attached hydrogens (tertiary/aromatic N) is 1. The quantitative estimate of drug-likeness (QED) is 0.338. The summed E-state index contributed by atoms with van der Waals surface area (Å²) in [5.74, 6) is 0. The van der Waals surface area contributed by atoms with E-state index in [1.807, 2.05) is 6.08 Å². The van der Waals surface area contributed by atoms with Gasteiger partial charge in [0.1, 0.15) is 0 Å². The van der Waals surface area contributed by atoms with E-state index in [0.29, 0.717) is 0 Å². The van der Waals surface area contributed by atoms with E-state index in [2.05, 4.69) is 28.1 Å². The standard InChI is InChI=1S/C10H22NO/c1-5-6-9-12-10-7-8-11(2,3)4/h6,9H,5,7-8,10H2,1-4H3/q+1. The summed E-state index contributed by atoms with van der Waals surface area (Å²) in [5, 5.41) is 0. The first-order valence-electron chi connectivity index (χ1n) is 4.63. The van der Waals surface area contributed by atoms with Crippen LogP contribution in [0.3, 0.4) is 0 Å². The van der Waals surface area contributed by atoms with Crippen molar-refractivity contribution in [1.82, 2.24) is 0 Å². The lowest BCUT2D eigenvalue weighted by Crippen LogP contribution is -2.35. The van der Waals surface area contributed by atoms with Gasteiger partial charge >= 0.3 is 0 Å². The number of hydrogen-bond donors (Lipinski definition) is 0. The van der Waals surface area contributed by atoms with Crippen LogP contribution in [0, 0.1) is 0 Å². The maximum atomic E-state index is 5.28. The molecular weight excluding hydrogens is 150 g/mol. The molecule has 0 unspecified atom stereocenters. The summed E-state index contributed by atoms with van der Waals surface area (Å²) in [6, 6.07) is 0. The molecule has 0 N–H and O–H groups in total. The molecule has 0 aliphatic rings. The molecule has 0 radical (unpaired) electrons. The van der Waals surface area contributed by atoms with Crippen LogP contribution < -0.4 is 0 Å². The van der Waals surface area contributed by atoms with Gasteiger partial charge in [-0.05, 0) is 6.42 Å². The molecule has 72 valence electrons. The largest absolute Gasteiger partial charge is 0.501 e. The Kier molecular flexibility index (Phi) is 5.81. The lowest BCUT2D eigenvalue weighted by Gasteiger charge is -2.23. The summed E-state index contributed by atoms with van der Waals surface area (Å²) < 4.78 is 6.29. The summed E-state index contributed by atoms with van der Waals surface area (Å²) >= 11 is 0. The Bertz CT molecular complexity index is 124. The zero-order chi connectivity index (χ0) is 9.45. The Hall–Kier alpha value is -0.500. The molecule has 12 heavy (non-hydrogen) atoms. The number of quaternary nitrogens is 1. The molecule has 0 saturated heterocycles. The molecule has 0 bridgehead atoms. The third-order valence-corrected chi connectivity index (χ3v) is 1.52. The SMILES string of the molecule is CCC=COCCC[N+](C)(C)C. The number of hydrogen-bond acceptors (Lipinski definition) is 1. The Balaban J connectivity index is 3.17. The summed E-state index contributed by atoms with van der Waals surface area (Å²) in [4.78, 5) is 0. The van der Waals surface area contributed by atoms with Crippen LogP contribution in [-0.4, -0.2) is 38.8 Å². The van der Waals surface area contributed by atoms with Crippen LogP contribution in [-0.2, 0) is 4.74 Å². The first-order valence-corrected chi connectivity index (χ1v) is 4.63. The van der Waals surface area contributed by atoms with Crippen molar-refractivity contribution in [2.75, 3.05) is 34.3 Å². The first-order chi connectivity index (χ1) is 5.56. The Morgan fingerprint density at radius 1 is 1.25 bits per heavy atom. The topological polar surface area (TPSA) is 9.23 Å². The highest BCUT2D eigenvalue weighted by Gasteiger charge is 2.04. The maximum absolute atomic E-state index is 5.28. The summed E-state index contributed by atoms with van der Waals surface area (Å²) in [7, 11) is 6.59. The van der Waals surface area contributed by atoms with Gasteiger partial charge in [0, 0.05) is 6.42 Å². The zero-order valence-corrected chi connectivity index (χ0v) is 8.84. The fourth-order valence-electron chi connectivity index (χ4n) is 0.855. The van der Waals surface area contributed by atoms with E-state index in [4.69, 9.17) is 4.74 Å². The lowest BCUT2D eigenvalue weighted by atomic mass is 10.4. The number of allylic oxidation sites excluding steroid dienone is 1. The predicted octanol–water partition coefficient (Wildman–Crippen LogP) is 2.02. The molecule has 0 atom stereocenters. The molecule has 0 saturated carbocycles. The first kappa shape index (κ1) is 11.5. The zero-order valence-electron chi connectivity index (χ0n) is 8.84. The molecule has 2 heteroatoms. The number of rotatable bonds is 6. The van der Waals surface area contributed by atoms with Crippen molar-refractivity contribution in [3.05, 3.63) is 12.3 Å². The second-order valence-corrected chi connectivity index (χ2v) is 4.02. The minimum atomic E-state index is 0.839. The van der Waals surface area contributed by atoms with Crippen molar-refractivity contribution in [2.24, 2.45) is 0 Å². The van der Waals surface area contributed by atoms with Crippen molar-refractivity contribution >= 4 is 0 Å². The third kappa shape index (κ3) is 9.50. The number of ether oxygens (including phenoxy) is 1. The van der Waals surface area contributed by atoms with Crippen molar-refractivity contribution in [2.45, 2.75) is 19.8 Å². The predicted molar refractivity (Wildman–Crippen MR) is 52.9 cm³/mol. The van der Waals surface area contributed by atoms with Crippen molar-refractivity contribution < 1.29 is 9.22 Å². The van der Waals surface area contributed by atoms with Gasteiger partial charge in [-0.2, -0.15) is 0 Å². The van der Waals surface area contributed by atoms with Crippen LogP contribution in [0.1, 0.15) is 19.8 Å². The van der Waals surface area contributed by atoms with Crippen LogP contribution >= 0.6 is 0 Å². The molecule has 0 aromatic carbocycles. The molecule has 0 spiro atoms. The molecule has 0 aliphatic carbocycles. The van der Waals surface area contributed by atoms with Gasteiger partial charge in [0.2, 0.25) is 0 Å². The van der Waals surface area contributed by atoms with Crippen LogP contribution in [0.2, 0.25) is 0 Å². The van der Waals surface area contributed by atoms with E-state index >= 15 is 0 Å². The fraction of sp³-hybridized carbons (Fsp3) is 0.800. The van der Waals surface area contributed by atoms with Crippen LogP contribution in [0.4, 0.5) is 0 Å². The average molecular weight is 172 g/mol. The highest BCUT2D eigenvalue weighted by molar-refractivity contribution is 4.70. The molecule has 2 nitrogen and oxygen atoms in total. The van der Waals surface area contributed by atoms with E-state index in [-0.39, 0.29) is 0 Å². The van der Waals surface area contributed by atoms with Gasteiger partial charge in [0.05, 0.1) is 40.6 Å². The normalized spacial score (nSPS) is 12.3. The van der Waals surface area contributed by atoms with Gasteiger partial charge in [0.25, 0.3) is 0 Å². The minimum absolute atomic E-state index is 0.839. The molecule has 0 aromatic heterocycles. The van der Waals surface area contributed by atoms with Gasteiger partial charge in [-0.3, -0.25) is 0 Å².